The Morgan fingerprint density at radius 1 is 1.18 bits per heavy atom. The number of rotatable bonds is 9. The molecule has 33 heavy (non-hydrogen) atoms. The summed E-state index contributed by atoms with van der Waals surface area (Å²) in [5.41, 5.74) is 6.36. The van der Waals surface area contributed by atoms with Crippen LogP contribution in [0.5, 0.6) is 0 Å². The van der Waals surface area contributed by atoms with E-state index in [0.29, 0.717) is 6.54 Å². The summed E-state index contributed by atoms with van der Waals surface area (Å²) in [6, 6.07) is 17.1. The molecule has 0 bridgehead atoms. The highest BCUT2D eigenvalue weighted by molar-refractivity contribution is 5.90. The molecule has 172 valence electrons. The molecule has 1 aliphatic rings. The molecule has 7 nitrogen and oxygen atoms in total. The van der Waals surface area contributed by atoms with E-state index in [4.69, 9.17) is 5.21 Å². The Bertz CT molecular complexity index is 1170. The summed E-state index contributed by atoms with van der Waals surface area (Å²) in [5, 5.41) is 12.8. The van der Waals surface area contributed by atoms with Crippen LogP contribution < -0.4 is 10.8 Å². The molecule has 3 N–H and O–H groups in total. The number of amides is 2. The Morgan fingerprint density at radius 3 is 2.85 bits per heavy atom. The number of nitrogens with zero attached hydrogens (tertiary/aromatic N) is 2. The van der Waals surface area contributed by atoms with E-state index in [9.17, 15) is 9.59 Å². The SMILES string of the molecule is CC(=O)NCCN(CCn1ccc2ccccc21)C1CCc2cc(C=CC(=O)NO)ccc21. The van der Waals surface area contributed by atoms with Crippen LogP contribution in [0.1, 0.15) is 36.1 Å². The zero-order valence-corrected chi connectivity index (χ0v) is 18.8. The number of para-hydroxylation sites is 1. The van der Waals surface area contributed by atoms with Crippen molar-refractivity contribution in [2.24, 2.45) is 0 Å². The zero-order valence-electron chi connectivity index (χ0n) is 18.8. The van der Waals surface area contributed by atoms with E-state index in [-0.39, 0.29) is 11.9 Å². The molecular formula is C26H30N4O3. The van der Waals surface area contributed by atoms with E-state index in [1.54, 1.807) is 18.5 Å². The van der Waals surface area contributed by atoms with Crippen LogP contribution in [0.25, 0.3) is 17.0 Å². The van der Waals surface area contributed by atoms with E-state index in [1.165, 1.54) is 28.1 Å². The zero-order chi connectivity index (χ0) is 23.2. The first kappa shape index (κ1) is 22.8. The Hall–Kier alpha value is -3.42. The van der Waals surface area contributed by atoms with Crippen molar-refractivity contribution in [3.63, 3.8) is 0 Å². The van der Waals surface area contributed by atoms with Crippen LogP contribution in [0.2, 0.25) is 0 Å². The van der Waals surface area contributed by atoms with Gasteiger partial charge in [0.1, 0.15) is 0 Å². The van der Waals surface area contributed by atoms with E-state index >= 15 is 0 Å². The van der Waals surface area contributed by atoms with Gasteiger partial charge in [-0.15, -0.1) is 0 Å². The molecule has 0 aliphatic heterocycles. The normalized spacial score (nSPS) is 15.3. The molecule has 2 aromatic carbocycles. The van der Waals surface area contributed by atoms with Crippen molar-refractivity contribution in [2.45, 2.75) is 32.4 Å². The number of carbonyl (C=O) groups is 2. The molecular weight excluding hydrogens is 416 g/mol. The van der Waals surface area contributed by atoms with Crippen LogP contribution in [0.3, 0.4) is 0 Å². The summed E-state index contributed by atoms with van der Waals surface area (Å²) >= 11 is 0. The smallest absolute Gasteiger partial charge is 0.267 e. The maximum atomic E-state index is 11.4. The highest BCUT2D eigenvalue weighted by Gasteiger charge is 2.27. The van der Waals surface area contributed by atoms with Gasteiger partial charge in [0.25, 0.3) is 5.91 Å². The van der Waals surface area contributed by atoms with Gasteiger partial charge in [0.15, 0.2) is 0 Å². The van der Waals surface area contributed by atoms with Gasteiger partial charge in [0.2, 0.25) is 5.91 Å². The maximum absolute atomic E-state index is 11.4. The lowest BCUT2D eigenvalue weighted by molar-refractivity contribution is -0.124. The van der Waals surface area contributed by atoms with Crippen LogP contribution in [-0.2, 0) is 22.6 Å². The summed E-state index contributed by atoms with van der Waals surface area (Å²) in [7, 11) is 0. The topological polar surface area (TPSA) is 86.6 Å². The summed E-state index contributed by atoms with van der Waals surface area (Å²) in [6.45, 7) is 4.69. The van der Waals surface area contributed by atoms with Crippen molar-refractivity contribution in [3.05, 3.63) is 77.5 Å². The molecule has 0 saturated carbocycles. The summed E-state index contributed by atoms with van der Waals surface area (Å²) in [4.78, 5) is 25.2. The molecule has 3 aromatic rings. The van der Waals surface area contributed by atoms with Crippen LogP contribution in [-0.4, -0.2) is 46.1 Å². The first-order valence-corrected chi connectivity index (χ1v) is 11.3. The van der Waals surface area contributed by atoms with E-state index in [1.807, 2.05) is 6.07 Å². The predicted octanol–water partition coefficient (Wildman–Crippen LogP) is 3.29. The minimum Gasteiger partial charge on any atom is -0.355 e. The molecule has 0 spiro atoms. The summed E-state index contributed by atoms with van der Waals surface area (Å²) < 4.78 is 2.29. The number of hydrogen-bond acceptors (Lipinski definition) is 4. The predicted molar refractivity (Wildman–Crippen MR) is 129 cm³/mol. The van der Waals surface area contributed by atoms with Gasteiger partial charge in [-0.1, -0.05) is 36.4 Å². The third-order valence-corrected chi connectivity index (χ3v) is 6.27. The number of fused-ring (bicyclic) bond motifs is 2. The third kappa shape index (κ3) is 5.50. The number of aryl methyl sites for hydroxylation is 1. The highest BCUT2D eigenvalue weighted by Crippen LogP contribution is 2.36. The van der Waals surface area contributed by atoms with Crippen LogP contribution >= 0.6 is 0 Å². The van der Waals surface area contributed by atoms with Gasteiger partial charge < -0.3 is 9.88 Å². The van der Waals surface area contributed by atoms with E-state index < -0.39 is 5.91 Å². The van der Waals surface area contributed by atoms with Gasteiger partial charge in [0, 0.05) is 56.9 Å². The van der Waals surface area contributed by atoms with Gasteiger partial charge in [-0.3, -0.25) is 19.7 Å². The largest absolute Gasteiger partial charge is 0.355 e. The molecule has 4 rings (SSSR count). The Kier molecular flexibility index (Phi) is 7.22. The average Bonchev–Trinajstić information content (AvgIpc) is 3.43. The minimum absolute atomic E-state index is 0.0125. The first-order valence-electron chi connectivity index (χ1n) is 11.3. The fourth-order valence-corrected chi connectivity index (χ4v) is 4.68. The molecule has 1 atom stereocenters. The molecule has 7 heteroatoms. The quantitative estimate of drug-likeness (QED) is 0.267. The van der Waals surface area contributed by atoms with Gasteiger partial charge in [0.05, 0.1) is 0 Å². The Morgan fingerprint density at radius 2 is 2.03 bits per heavy atom. The van der Waals surface area contributed by atoms with Crippen LogP contribution in [0.4, 0.5) is 0 Å². The van der Waals surface area contributed by atoms with Gasteiger partial charge in [-0.2, -0.15) is 0 Å². The van der Waals surface area contributed by atoms with Crippen molar-refractivity contribution < 1.29 is 14.8 Å². The molecule has 2 amide bonds. The number of hydrogen-bond donors (Lipinski definition) is 3. The molecule has 0 saturated heterocycles. The fraction of sp³-hybridized carbons (Fsp3) is 0.308. The van der Waals surface area contributed by atoms with Crippen molar-refractivity contribution in [1.82, 2.24) is 20.3 Å². The minimum atomic E-state index is -0.546. The van der Waals surface area contributed by atoms with Crippen LogP contribution in [0.15, 0.2) is 60.8 Å². The number of carbonyl (C=O) groups excluding carboxylic acids is 2. The monoisotopic (exact) mass is 446 g/mol. The molecule has 1 aromatic heterocycles. The van der Waals surface area contributed by atoms with Crippen LogP contribution in [0, 0.1) is 0 Å². The highest BCUT2D eigenvalue weighted by atomic mass is 16.5. The average molecular weight is 447 g/mol. The molecule has 0 fully saturated rings. The number of aromatic nitrogens is 1. The van der Waals surface area contributed by atoms with Gasteiger partial charge >= 0.3 is 0 Å². The Balaban J connectivity index is 1.51. The van der Waals surface area contributed by atoms with Gasteiger partial charge in [-0.25, -0.2) is 5.48 Å². The third-order valence-electron chi connectivity index (χ3n) is 6.27. The van der Waals surface area contributed by atoms with Gasteiger partial charge in [-0.05, 0) is 53.1 Å². The number of nitrogens with one attached hydrogen (secondary N) is 2. The lowest BCUT2D eigenvalue weighted by Gasteiger charge is -2.30. The summed E-state index contributed by atoms with van der Waals surface area (Å²) in [5.74, 6) is -0.559. The molecule has 1 heterocycles. The lowest BCUT2D eigenvalue weighted by atomic mass is 10.0. The fourth-order valence-electron chi connectivity index (χ4n) is 4.68. The molecule has 0 radical (unpaired) electrons. The standard InChI is InChI=1S/C26H30N4O3/c1-19(31)27-13-15-30(17-16-29-14-12-21-4-2-3-5-24(21)29)25-10-8-22-18-20(6-9-23(22)25)7-11-26(32)28-33/h2-7,9,11-12,14,18,25,33H,8,10,13,15-17H2,1H3,(H,27,31)(H,28,32). The first-order chi connectivity index (χ1) is 16.0. The number of hydroxylamine groups is 1. The number of benzene rings is 2. The van der Waals surface area contributed by atoms with Crippen molar-refractivity contribution >= 4 is 28.8 Å². The van der Waals surface area contributed by atoms with Crippen molar-refractivity contribution in [2.75, 3.05) is 19.6 Å². The van der Waals surface area contributed by atoms with Crippen molar-refractivity contribution in [1.29, 1.82) is 0 Å². The van der Waals surface area contributed by atoms with E-state index in [0.717, 1.165) is 38.0 Å². The lowest BCUT2D eigenvalue weighted by Crippen LogP contribution is -2.37. The molecule has 1 aliphatic carbocycles. The second-order valence-corrected chi connectivity index (χ2v) is 8.41. The summed E-state index contributed by atoms with van der Waals surface area (Å²) in [6.07, 6.45) is 7.14. The Labute approximate surface area is 193 Å². The molecule has 1 unspecified atom stereocenters. The van der Waals surface area contributed by atoms with Crippen molar-refractivity contribution in [3.8, 4) is 0 Å². The maximum Gasteiger partial charge on any atom is 0.267 e. The second kappa shape index (κ2) is 10.5. The second-order valence-electron chi connectivity index (χ2n) is 8.41. The van der Waals surface area contributed by atoms with E-state index in [2.05, 4.69) is 63.4 Å².